The molecular weight excluding hydrogens is 394 g/mol. The topological polar surface area (TPSA) is 45.7 Å². The van der Waals surface area contributed by atoms with E-state index in [1.165, 1.54) is 15.8 Å². The summed E-state index contributed by atoms with van der Waals surface area (Å²) in [5.41, 5.74) is 3.60. The van der Waals surface area contributed by atoms with E-state index in [4.69, 9.17) is 21.3 Å². The van der Waals surface area contributed by atoms with Crippen LogP contribution in [-0.4, -0.2) is 48.6 Å². The number of aryl methyl sites for hydroxylation is 2. The van der Waals surface area contributed by atoms with Gasteiger partial charge in [-0.05, 0) is 55.3 Å². The summed E-state index contributed by atoms with van der Waals surface area (Å²) in [7, 11) is 0. The smallest absolute Gasteiger partial charge is 0.260 e. The van der Waals surface area contributed by atoms with Crippen LogP contribution in [0.5, 0.6) is 5.75 Å². The second-order valence-corrected chi connectivity index (χ2v) is 8.41. The van der Waals surface area contributed by atoms with E-state index in [9.17, 15) is 4.79 Å². The molecule has 1 aliphatic rings. The molecule has 2 aromatic carbocycles. The maximum absolute atomic E-state index is 12.4. The average molecular weight is 416 g/mol. The van der Waals surface area contributed by atoms with E-state index in [2.05, 4.69) is 30.9 Å². The van der Waals surface area contributed by atoms with Gasteiger partial charge in [0.15, 0.2) is 11.7 Å². The van der Waals surface area contributed by atoms with Crippen LogP contribution in [0.1, 0.15) is 11.1 Å². The quantitative estimate of drug-likeness (QED) is 0.637. The fourth-order valence-corrected chi connectivity index (χ4v) is 4.47. The first kappa shape index (κ1) is 19.0. The molecule has 5 nitrogen and oxygen atoms in total. The van der Waals surface area contributed by atoms with E-state index < -0.39 is 0 Å². The number of benzene rings is 2. The van der Waals surface area contributed by atoms with Crippen molar-refractivity contribution in [3.63, 3.8) is 0 Å². The lowest BCUT2D eigenvalue weighted by Crippen LogP contribution is -2.50. The molecule has 1 aliphatic heterocycles. The lowest BCUT2D eigenvalue weighted by molar-refractivity contribution is -0.133. The van der Waals surface area contributed by atoms with E-state index in [0.717, 1.165) is 23.7 Å². The predicted octanol–water partition coefficient (Wildman–Crippen LogP) is 4.29. The molecule has 146 valence electrons. The molecule has 0 N–H and O–H groups in total. The molecular formula is C21H22ClN3O2S. The van der Waals surface area contributed by atoms with Crippen LogP contribution in [-0.2, 0) is 4.79 Å². The standard InChI is InChI=1S/C21H22ClN3O2S/c1-14-3-8-18-20(15(14)2)23-21(28-18)25-11-9-24(10-12-25)19(26)13-27-17-6-4-16(22)5-7-17/h3-8H,9-13H2,1-2H3. The Morgan fingerprint density at radius 2 is 1.82 bits per heavy atom. The highest BCUT2D eigenvalue weighted by Gasteiger charge is 2.23. The molecule has 7 heteroatoms. The Balaban J connectivity index is 1.34. The molecule has 0 atom stereocenters. The summed E-state index contributed by atoms with van der Waals surface area (Å²) in [5, 5.41) is 1.68. The third kappa shape index (κ3) is 3.93. The molecule has 0 spiro atoms. The van der Waals surface area contributed by atoms with Crippen molar-refractivity contribution in [2.75, 3.05) is 37.7 Å². The van der Waals surface area contributed by atoms with Crippen LogP contribution in [0.2, 0.25) is 5.02 Å². The van der Waals surface area contributed by atoms with Crippen molar-refractivity contribution in [1.82, 2.24) is 9.88 Å². The highest BCUT2D eigenvalue weighted by molar-refractivity contribution is 7.22. The van der Waals surface area contributed by atoms with E-state index in [-0.39, 0.29) is 12.5 Å². The van der Waals surface area contributed by atoms with E-state index in [1.54, 1.807) is 35.6 Å². The summed E-state index contributed by atoms with van der Waals surface area (Å²) >= 11 is 7.58. The molecule has 0 aliphatic carbocycles. The minimum Gasteiger partial charge on any atom is -0.484 e. The molecule has 1 aromatic heterocycles. The second kappa shape index (κ2) is 7.97. The third-order valence-corrected chi connectivity index (χ3v) is 6.49. The zero-order valence-electron chi connectivity index (χ0n) is 15.9. The molecule has 1 fully saturated rings. The Labute approximate surface area is 173 Å². The summed E-state index contributed by atoms with van der Waals surface area (Å²) in [6.07, 6.45) is 0. The number of amides is 1. The Kier molecular flexibility index (Phi) is 5.42. The maximum atomic E-state index is 12.4. The molecule has 28 heavy (non-hydrogen) atoms. The molecule has 4 rings (SSSR count). The Morgan fingerprint density at radius 3 is 2.54 bits per heavy atom. The van der Waals surface area contributed by atoms with Gasteiger partial charge in [0.05, 0.1) is 10.2 Å². The van der Waals surface area contributed by atoms with Gasteiger partial charge in [0.1, 0.15) is 5.75 Å². The lowest BCUT2D eigenvalue weighted by atomic mass is 10.1. The Hall–Kier alpha value is -2.31. The van der Waals surface area contributed by atoms with Gasteiger partial charge in [0.2, 0.25) is 0 Å². The zero-order chi connectivity index (χ0) is 19.7. The van der Waals surface area contributed by atoms with Crippen LogP contribution in [0.4, 0.5) is 5.13 Å². The number of fused-ring (bicyclic) bond motifs is 1. The van der Waals surface area contributed by atoms with Gasteiger partial charge >= 0.3 is 0 Å². The lowest BCUT2D eigenvalue weighted by Gasteiger charge is -2.34. The van der Waals surface area contributed by atoms with Crippen LogP contribution < -0.4 is 9.64 Å². The number of hydrogen-bond acceptors (Lipinski definition) is 5. The van der Waals surface area contributed by atoms with Crippen molar-refractivity contribution >= 4 is 44.2 Å². The molecule has 3 aromatic rings. The van der Waals surface area contributed by atoms with Crippen LogP contribution >= 0.6 is 22.9 Å². The fraction of sp³-hybridized carbons (Fsp3) is 0.333. The Morgan fingerprint density at radius 1 is 1.11 bits per heavy atom. The Bertz CT molecular complexity index is 995. The van der Waals surface area contributed by atoms with Gasteiger partial charge in [-0.2, -0.15) is 0 Å². The monoisotopic (exact) mass is 415 g/mol. The normalized spacial score (nSPS) is 14.5. The number of nitrogens with zero attached hydrogens (tertiary/aromatic N) is 3. The number of anilines is 1. The molecule has 0 radical (unpaired) electrons. The van der Waals surface area contributed by atoms with Crippen molar-refractivity contribution < 1.29 is 9.53 Å². The molecule has 0 unspecified atom stereocenters. The van der Waals surface area contributed by atoms with Gasteiger partial charge in [-0.15, -0.1) is 0 Å². The number of carbonyl (C=O) groups is 1. The van der Waals surface area contributed by atoms with Crippen molar-refractivity contribution in [3.8, 4) is 5.75 Å². The SMILES string of the molecule is Cc1ccc2sc(N3CCN(C(=O)COc4ccc(Cl)cc4)CC3)nc2c1C. The first-order valence-corrected chi connectivity index (χ1v) is 10.5. The van der Waals surface area contributed by atoms with Gasteiger partial charge in [0.25, 0.3) is 5.91 Å². The van der Waals surface area contributed by atoms with Gasteiger partial charge in [-0.3, -0.25) is 4.79 Å². The van der Waals surface area contributed by atoms with Gasteiger partial charge < -0.3 is 14.5 Å². The van der Waals surface area contributed by atoms with Gasteiger partial charge in [0, 0.05) is 31.2 Å². The molecule has 2 heterocycles. The number of thiazole rings is 1. The highest BCUT2D eigenvalue weighted by Crippen LogP contribution is 2.32. The number of rotatable bonds is 4. The van der Waals surface area contributed by atoms with E-state index in [0.29, 0.717) is 23.9 Å². The minimum atomic E-state index is 0.00497. The second-order valence-electron chi connectivity index (χ2n) is 6.96. The summed E-state index contributed by atoms with van der Waals surface area (Å²) in [4.78, 5) is 21.4. The van der Waals surface area contributed by atoms with Crippen LogP contribution in [0.3, 0.4) is 0 Å². The number of aromatic nitrogens is 1. The van der Waals surface area contributed by atoms with Gasteiger partial charge in [-0.1, -0.05) is 29.0 Å². The van der Waals surface area contributed by atoms with E-state index in [1.807, 2.05) is 4.90 Å². The van der Waals surface area contributed by atoms with E-state index >= 15 is 0 Å². The number of ether oxygens (including phenoxy) is 1. The minimum absolute atomic E-state index is 0.00497. The summed E-state index contributed by atoms with van der Waals surface area (Å²) in [6, 6.07) is 11.3. The predicted molar refractivity (Wildman–Crippen MR) is 115 cm³/mol. The van der Waals surface area contributed by atoms with Crippen molar-refractivity contribution in [1.29, 1.82) is 0 Å². The molecule has 1 saturated heterocycles. The summed E-state index contributed by atoms with van der Waals surface area (Å²) in [6.45, 7) is 7.20. The number of carbonyl (C=O) groups excluding carboxylic acids is 1. The number of piperazine rings is 1. The number of hydrogen-bond donors (Lipinski definition) is 0. The summed E-state index contributed by atoms with van der Waals surface area (Å²) in [5.74, 6) is 0.655. The van der Waals surface area contributed by atoms with Gasteiger partial charge in [-0.25, -0.2) is 4.98 Å². The van der Waals surface area contributed by atoms with Crippen molar-refractivity contribution in [2.24, 2.45) is 0 Å². The molecule has 0 saturated carbocycles. The summed E-state index contributed by atoms with van der Waals surface area (Å²) < 4.78 is 6.79. The largest absolute Gasteiger partial charge is 0.484 e. The maximum Gasteiger partial charge on any atom is 0.260 e. The van der Waals surface area contributed by atoms with Crippen LogP contribution in [0.15, 0.2) is 36.4 Å². The first-order valence-electron chi connectivity index (χ1n) is 9.29. The highest BCUT2D eigenvalue weighted by atomic mass is 35.5. The van der Waals surface area contributed by atoms with Crippen LogP contribution in [0.25, 0.3) is 10.2 Å². The molecule has 0 bridgehead atoms. The number of halogens is 1. The van der Waals surface area contributed by atoms with Crippen molar-refractivity contribution in [2.45, 2.75) is 13.8 Å². The zero-order valence-corrected chi connectivity index (χ0v) is 17.5. The van der Waals surface area contributed by atoms with Crippen LogP contribution in [0, 0.1) is 13.8 Å². The van der Waals surface area contributed by atoms with Crippen molar-refractivity contribution in [3.05, 3.63) is 52.5 Å². The third-order valence-electron chi connectivity index (χ3n) is 5.15. The molecule has 1 amide bonds. The first-order chi connectivity index (χ1) is 13.5. The fourth-order valence-electron chi connectivity index (χ4n) is 3.26. The average Bonchev–Trinajstić information content (AvgIpc) is 3.15.